The molecule has 2 aromatic rings. The Kier molecular flexibility index (Phi) is 7.12. The first-order chi connectivity index (χ1) is 15.5. The average molecular weight is 455 g/mol. The van der Waals surface area contributed by atoms with Crippen molar-refractivity contribution >= 4 is 29.2 Å². The van der Waals surface area contributed by atoms with Gasteiger partial charge in [0, 0.05) is 35.6 Å². The van der Waals surface area contributed by atoms with E-state index in [9.17, 15) is 14.0 Å². The Labute approximate surface area is 195 Å². The molecule has 2 N–H and O–H groups in total. The van der Waals surface area contributed by atoms with Crippen LogP contribution in [0.3, 0.4) is 0 Å². The molecule has 2 amide bonds. The number of hydrogen-bond donors (Lipinski definition) is 2. The van der Waals surface area contributed by atoms with E-state index in [1.54, 1.807) is 17.0 Å². The minimum Gasteiger partial charge on any atom is -0.358 e. The standard InChI is InChI=1S/C26H35FN4O2/c1-8-30(9-2)13-12-28-24(32)23-16(3)21(29-17(23)4)15-20-19-14-18(27)10-11-22(19)31(25(20)33)26(5,6)7/h10-11,14-15,29H,8-9,12-13H2,1-7H3,(H,28,32)/b20-15-. The van der Waals surface area contributed by atoms with Crippen molar-refractivity contribution in [3.05, 3.63) is 52.1 Å². The predicted octanol–water partition coefficient (Wildman–Crippen LogP) is 4.53. The Hall–Kier alpha value is -2.93. The molecule has 0 aliphatic carbocycles. The number of nitrogens with one attached hydrogen (secondary N) is 2. The lowest BCUT2D eigenvalue weighted by molar-refractivity contribution is -0.113. The molecule has 3 rings (SSSR count). The van der Waals surface area contributed by atoms with Crippen LogP contribution in [0.5, 0.6) is 0 Å². The summed E-state index contributed by atoms with van der Waals surface area (Å²) in [5.74, 6) is -0.714. The van der Waals surface area contributed by atoms with Gasteiger partial charge in [-0.1, -0.05) is 13.8 Å². The van der Waals surface area contributed by atoms with Crippen LogP contribution in [0.25, 0.3) is 11.6 Å². The molecule has 0 spiro atoms. The van der Waals surface area contributed by atoms with Crippen LogP contribution in [0.1, 0.15) is 67.5 Å². The van der Waals surface area contributed by atoms with Crippen molar-refractivity contribution in [2.45, 2.75) is 54.0 Å². The van der Waals surface area contributed by atoms with Crippen LogP contribution >= 0.6 is 0 Å². The third-order valence-electron chi connectivity index (χ3n) is 6.19. The first-order valence-corrected chi connectivity index (χ1v) is 11.5. The number of aromatic nitrogens is 1. The van der Waals surface area contributed by atoms with Gasteiger partial charge in [0.1, 0.15) is 5.82 Å². The van der Waals surface area contributed by atoms with Crippen LogP contribution in [-0.2, 0) is 4.79 Å². The largest absolute Gasteiger partial charge is 0.358 e. The van der Waals surface area contributed by atoms with Crippen LogP contribution in [0, 0.1) is 19.7 Å². The molecule has 0 saturated carbocycles. The Morgan fingerprint density at radius 3 is 2.48 bits per heavy atom. The zero-order valence-corrected chi connectivity index (χ0v) is 20.7. The topological polar surface area (TPSA) is 68.4 Å². The molecular formula is C26H35FN4O2. The minimum atomic E-state index is -0.462. The number of aromatic amines is 1. The van der Waals surface area contributed by atoms with E-state index < -0.39 is 11.4 Å². The molecule has 1 aliphatic rings. The first kappa shape index (κ1) is 24.7. The van der Waals surface area contributed by atoms with Crippen molar-refractivity contribution in [3.63, 3.8) is 0 Å². The second-order valence-electron chi connectivity index (χ2n) is 9.48. The van der Waals surface area contributed by atoms with E-state index in [1.165, 1.54) is 12.1 Å². The number of carbonyl (C=O) groups excluding carboxylic acids is 2. The van der Waals surface area contributed by atoms with Gasteiger partial charge in [0.05, 0.1) is 16.8 Å². The lowest BCUT2D eigenvalue weighted by Crippen LogP contribution is -2.43. The Bertz CT molecular complexity index is 1090. The monoisotopic (exact) mass is 454 g/mol. The van der Waals surface area contributed by atoms with Gasteiger partial charge in [-0.3, -0.25) is 9.59 Å². The summed E-state index contributed by atoms with van der Waals surface area (Å²) in [7, 11) is 0. The quantitative estimate of drug-likeness (QED) is 0.604. The smallest absolute Gasteiger partial charge is 0.259 e. The summed E-state index contributed by atoms with van der Waals surface area (Å²) in [6.45, 7) is 17.0. The number of rotatable bonds is 7. The molecule has 1 aromatic heterocycles. The van der Waals surface area contributed by atoms with Crippen molar-refractivity contribution in [2.24, 2.45) is 0 Å². The van der Waals surface area contributed by atoms with Gasteiger partial charge < -0.3 is 20.1 Å². The highest BCUT2D eigenvalue weighted by atomic mass is 19.1. The normalized spacial score (nSPS) is 15.0. The second-order valence-corrected chi connectivity index (χ2v) is 9.48. The first-order valence-electron chi connectivity index (χ1n) is 11.5. The number of likely N-dealkylation sites (N-methyl/N-ethyl adjacent to an activating group) is 1. The summed E-state index contributed by atoms with van der Waals surface area (Å²) in [5, 5.41) is 3.00. The van der Waals surface area contributed by atoms with Gasteiger partial charge in [0.2, 0.25) is 0 Å². The number of benzene rings is 1. The Balaban J connectivity index is 1.94. The van der Waals surface area contributed by atoms with Crippen molar-refractivity contribution in [1.29, 1.82) is 0 Å². The van der Waals surface area contributed by atoms with Crippen LogP contribution in [0.15, 0.2) is 18.2 Å². The summed E-state index contributed by atoms with van der Waals surface area (Å²) in [6.07, 6.45) is 1.74. The fourth-order valence-corrected chi connectivity index (χ4v) is 4.43. The molecule has 178 valence electrons. The number of amides is 2. The lowest BCUT2D eigenvalue weighted by Gasteiger charge is -2.32. The van der Waals surface area contributed by atoms with Gasteiger partial charge in [-0.15, -0.1) is 0 Å². The second kappa shape index (κ2) is 9.51. The van der Waals surface area contributed by atoms with E-state index in [2.05, 4.69) is 29.0 Å². The van der Waals surface area contributed by atoms with Gasteiger partial charge in [0.15, 0.2) is 0 Å². The molecule has 0 saturated heterocycles. The van der Waals surface area contributed by atoms with E-state index in [-0.39, 0.29) is 11.8 Å². The number of anilines is 1. The molecule has 1 aromatic carbocycles. The maximum absolute atomic E-state index is 14.1. The number of carbonyl (C=O) groups is 2. The van der Waals surface area contributed by atoms with E-state index in [4.69, 9.17) is 0 Å². The van der Waals surface area contributed by atoms with Gasteiger partial charge in [-0.25, -0.2) is 4.39 Å². The van der Waals surface area contributed by atoms with E-state index in [0.29, 0.717) is 34.6 Å². The van der Waals surface area contributed by atoms with E-state index >= 15 is 0 Å². The number of halogens is 1. The van der Waals surface area contributed by atoms with Gasteiger partial charge >= 0.3 is 0 Å². The van der Waals surface area contributed by atoms with Crippen molar-refractivity contribution in [3.8, 4) is 0 Å². The van der Waals surface area contributed by atoms with Crippen LogP contribution < -0.4 is 10.2 Å². The summed E-state index contributed by atoms with van der Waals surface area (Å²) in [4.78, 5) is 33.4. The highest BCUT2D eigenvalue weighted by Crippen LogP contribution is 2.42. The molecule has 6 nitrogen and oxygen atoms in total. The van der Waals surface area contributed by atoms with E-state index in [1.807, 2.05) is 34.6 Å². The Morgan fingerprint density at radius 1 is 1.21 bits per heavy atom. The minimum absolute atomic E-state index is 0.140. The number of nitrogens with zero attached hydrogens (tertiary/aromatic N) is 2. The fourth-order valence-electron chi connectivity index (χ4n) is 4.43. The molecule has 0 radical (unpaired) electrons. The number of fused-ring (bicyclic) bond motifs is 1. The van der Waals surface area contributed by atoms with E-state index in [0.717, 1.165) is 30.9 Å². The number of H-pyrrole nitrogens is 1. The molecule has 33 heavy (non-hydrogen) atoms. The number of aryl methyl sites for hydroxylation is 1. The van der Waals surface area contributed by atoms with Crippen LogP contribution in [-0.4, -0.2) is 53.4 Å². The summed E-state index contributed by atoms with van der Waals surface area (Å²) >= 11 is 0. The van der Waals surface area contributed by atoms with Crippen molar-refractivity contribution in [2.75, 3.05) is 31.1 Å². The SMILES string of the molecule is CCN(CC)CCNC(=O)c1c(C)[nH]c(/C=C2\C(=O)N(C(C)(C)C)c3ccc(F)cc32)c1C. The lowest BCUT2D eigenvalue weighted by atomic mass is 10.0. The molecule has 0 atom stereocenters. The third-order valence-corrected chi connectivity index (χ3v) is 6.19. The van der Waals surface area contributed by atoms with Gasteiger partial charge in [-0.2, -0.15) is 0 Å². The molecular weight excluding hydrogens is 419 g/mol. The van der Waals surface area contributed by atoms with Crippen molar-refractivity contribution in [1.82, 2.24) is 15.2 Å². The maximum Gasteiger partial charge on any atom is 0.259 e. The zero-order chi connectivity index (χ0) is 24.5. The van der Waals surface area contributed by atoms with Crippen LogP contribution in [0.4, 0.5) is 10.1 Å². The van der Waals surface area contributed by atoms with Gasteiger partial charge in [-0.05, 0) is 77.5 Å². The molecule has 0 fully saturated rings. The predicted molar refractivity (Wildman–Crippen MR) is 132 cm³/mol. The zero-order valence-electron chi connectivity index (χ0n) is 20.7. The fraction of sp³-hybridized carbons (Fsp3) is 0.462. The Morgan fingerprint density at radius 2 is 1.88 bits per heavy atom. The molecule has 7 heteroatoms. The summed E-state index contributed by atoms with van der Waals surface area (Å²) in [5.41, 5.74) is 3.96. The third kappa shape index (κ3) is 4.88. The highest BCUT2D eigenvalue weighted by Gasteiger charge is 2.39. The van der Waals surface area contributed by atoms with Crippen LogP contribution in [0.2, 0.25) is 0 Å². The molecule has 0 bridgehead atoms. The van der Waals surface area contributed by atoms with Crippen molar-refractivity contribution < 1.29 is 14.0 Å². The summed E-state index contributed by atoms with van der Waals surface area (Å²) in [6, 6.07) is 4.42. The highest BCUT2D eigenvalue weighted by molar-refractivity contribution is 6.36. The summed E-state index contributed by atoms with van der Waals surface area (Å²) < 4.78 is 14.1. The number of hydrogen-bond acceptors (Lipinski definition) is 3. The molecule has 2 heterocycles. The van der Waals surface area contributed by atoms with Gasteiger partial charge in [0.25, 0.3) is 11.8 Å². The molecule has 1 aliphatic heterocycles. The molecule has 0 unspecified atom stereocenters. The average Bonchev–Trinajstić information content (AvgIpc) is 3.17. The maximum atomic E-state index is 14.1.